The predicted octanol–water partition coefficient (Wildman–Crippen LogP) is 2.97. The highest BCUT2D eigenvalue weighted by Gasteiger charge is 2.30. The number of nitro groups is 1. The second kappa shape index (κ2) is 8.74. The molecule has 0 aliphatic heterocycles. The molecule has 1 heterocycles. The molecule has 150 valence electrons. The Kier molecular flexibility index (Phi) is 6.13. The van der Waals surface area contributed by atoms with Gasteiger partial charge in [0.1, 0.15) is 0 Å². The number of nitro benzene ring substituents is 1. The van der Waals surface area contributed by atoms with Gasteiger partial charge in [-0.05, 0) is 46.7 Å². The Labute approximate surface area is 169 Å². The van der Waals surface area contributed by atoms with E-state index in [9.17, 15) is 19.7 Å². The number of carbonyl (C=O) groups excluding carboxylic acids is 1. The minimum Gasteiger partial charge on any atom is -0.325 e. The molecule has 0 aliphatic rings. The van der Waals surface area contributed by atoms with E-state index in [1.807, 2.05) is 25.1 Å². The van der Waals surface area contributed by atoms with Crippen LogP contribution in [0.4, 0.5) is 11.4 Å². The molecule has 3 aromatic rings. The molecule has 0 aliphatic carbocycles. The molecule has 1 amide bonds. The van der Waals surface area contributed by atoms with E-state index in [2.05, 4.69) is 10.6 Å². The van der Waals surface area contributed by atoms with Crippen molar-refractivity contribution in [3.63, 3.8) is 0 Å². The van der Waals surface area contributed by atoms with Gasteiger partial charge in [-0.1, -0.05) is 25.1 Å². The van der Waals surface area contributed by atoms with Gasteiger partial charge in [0.2, 0.25) is 11.6 Å². The van der Waals surface area contributed by atoms with E-state index in [4.69, 9.17) is 4.52 Å². The molecule has 9 nitrogen and oxygen atoms in total. The molecule has 0 spiro atoms. The summed E-state index contributed by atoms with van der Waals surface area (Å²) in [4.78, 5) is 35.3. The number of aromatic amines is 1. The lowest BCUT2D eigenvalue weighted by Gasteiger charge is -2.13. The maximum absolute atomic E-state index is 12.8. The van der Waals surface area contributed by atoms with Crippen LogP contribution >= 0.6 is 11.8 Å². The van der Waals surface area contributed by atoms with E-state index in [-0.39, 0.29) is 16.6 Å². The fourth-order valence-electron chi connectivity index (χ4n) is 2.68. The number of nitrogens with zero attached hydrogens (tertiary/aromatic N) is 2. The summed E-state index contributed by atoms with van der Waals surface area (Å²) < 4.78 is 6.40. The first kappa shape index (κ1) is 20.3. The summed E-state index contributed by atoms with van der Waals surface area (Å²) >= 11 is 1.09. The fourth-order valence-corrected chi connectivity index (χ4v) is 3.67. The van der Waals surface area contributed by atoms with Crippen LogP contribution in [0.15, 0.2) is 62.9 Å². The molecule has 0 saturated heterocycles. The van der Waals surface area contributed by atoms with E-state index in [0.717, 1.165) is 11.8 Å². The standard InChI is InChI=1S/C19H18N4O5S/c1-3-16(17(24)20-15-10-9-14(23(26)27)11-12(15)2)29-18-19(25)28-21-22(18)13-7-5-4-6-8-13/h4-11,16H,3H2,1-2H3,(H-,20,21,24,25)/p+1. The number of hydrogen-bond acceptors (Lipinski definition) is 6. The molecule has 3 rings (SSSR count). The van der Waals surface area contributed by atoms with Crippen molar-refractivity contribution in [2.24, 2.45) is 0 Å². The highest BCUT2D eigenvalue weighted by molar-refractivity contribution is 8.00. The smallest absolute Gasteiger partial charge is 0.325 e. The van der Waals surface area contributed by atoms with Gasteiger partial charge >= 0.3 is 10.7 Å². The number of thioether (sulfide) groups is 1. The summed E-state index contributed by atoms with van der Waals surface area (Å²) in [6, 6.07) is 13.3. The van der Waals surface area contributed by atoms with E-state index < -0.39 is 15.8 Å². The molecule has 10 heteroatoms. The lowest BCUT2D eigenvalue weighted by Crippen LogP contribution is -2.37. The maximum Gasteiger partial charge on any atom is 0.442 e. The number of rotatable bonds is 7. The first-order chi connectivity index (χ1) is 13.9. The summed E-state index contributed by atoms with van der Waals surface area (Å²) in [6.07, 6.45) is 0.460. The van der Waals surface area contributed by atoms with Gasteiger partial charge in [0.25, 0.3) is 5.69 Å². The summed E-state index contributed by atoms with van der Waals surface area (Å²) in [6.45, 7) is 3.52. The number of para-hydroxylation sites is 1. The maximum atomic E-state index is 12.8. The largest absolute Gasteiger partial charge is 0.442 e. The number of carbonyl (C=O) groups is 1. The van der Waals surface area contributed by atoms with E-state index in [0.29, 0.717) is 23.4 Å². The monoisotopic (exact) mass is 415 g/mol. The van der Waals surface area contributed by atoms with Crippen molar-refractivity contribution in [3.05, 3.63) is 74.6 Å². The van der Waals surface area contributed by atoms with E-state index in [1.165, 1.54) is 22.9 Å². The Morgan fingerprint density at radius 1 is 1.31 bits per heavy atom. The molecular weight excluding hydrogens is 396 g/mol. The van der Waals surface area contributed by atoms with Crippen molar-refractivity contribution >= 4 is 29.0 Å². The minimum atomic E-state index is -0.573. The van der Waals surface area contributed by atoms with Crippen LogP contribution in [-0.2, 0) is 4.79 Å². The molecule has 2 N–H and O–H groups in total. The number of non-ortho nitro benzene ring substituents is 1. The van der Waals surface area contributed by atoms with Crippen LogP contribution < -0.4 is 15.6 Å². The first-order valence-electron chi connectivity index (χ1n) is 8.82. The average molecular weight is 415 g/mol. The summed E-state index contributed by atoms with van der Waals surface area (Å²) in [5.41, 5.74) is 1.14. The van der Waals surface area contributed by atoms with Crippen molar-refractivity contribution in [1.82, 2.24) is 5.27 Å². The van der Waals surface area contributed by atoms with Crippen LogP contribution in [0.1, 0.15) is 18.9 Å². The normalized spacial score (nSPS) is 11.8. The molecular formula is C19H19N4O5S+. The zero-order valence-corrected chi connectivity index (χ0v) is 16.6. The van der Waals surface area contributed by atoms with Crippen molar-refractivity contribution in [3.8, 4) is 5.69 Å². The number of hydrogen-bond donors (Lipinski definition) is 2. The zero-order chi connectivity index (χ0) is 21.0. The number of benzene rings is 2. The van der Waals surface area contributed by atoms with Gasteiger partial charge in [-0.25, -0.2) is 4.79 Å². The number of anilines is 1. The predicted molar refractivity (Wildman–Crippen MR) is 107 cm³/mol. The number of H-pyrrole nitrogens is 1. The molecule has 0 radical (unpaired) electrons. The molecule has 1 aromatic heterocycles. The molecule has 0 saturated carbocycles. The topological polar surface area (TPSA) is 122 Å². The molecule has 2 aromatic carbocycles. The fraction of sp³-hybridized carbons (Fsp3) is 0.211. The molecule has 29 heavy (non-hydrogen) atoms. The lowest BCUT2D eigenvalue weighted by atomic mass is 10.1. The zero-order valence-electron chi connectivity index (χ0n) is 15.7. The number of aromatic nitrogens is 2. The Morgan fingerprint density at radius 3 is 2.66 bits per heavy atom. The van der Waals surface area contributed by atoms with Crippen molar-refractivity contribution in [2.75, 3.05) is 5.32 Å². The van der Waals surface area contributed by atoms with Gasteiger partial charge in [-0.15, -0.1) is 0 Å². The third-order valence-corrected chi connectivity index (χ3v) is 5.62. The Bertz CT molecular complexity index is 1090. The van der Waals surface area contributed by atoms with Crippen LogP contribution in [0.25, 0.3) is 5.69 Å². The number of aryl methyl sites for hydroxylation is 1. The van der Waals surface area contributed by atoms with Crippen molar-refractivity contribution in [2.45, 2.75) is 30.5 Å². The highest BCUT2D eigenvalue weighted by atomic mass is 32.2. The average Bonchev–Trinajstić information content (AvgIpc) is 3.08. The Morgan fingerprint density at radius 2 is 2.03 bits per heavy atom. The number of amides is 1. The van der Waals surface area contributed by atoms with Gasteiger partial charge in [0.15, 0.2) is 0 Å². The second-order valence-electron chi connectivity index (χ2n) is 6.22. The quantitative estimate of drug-likeness (QED) is 0.265. The molecule has 1 atom stereocenters. The van der Waals surface area contributed by atoms with Crippen LogP contribution in [0.3, 0.4) is 0 Å². The SMILES string of the molecule is CCC(Sc1c(=O)o[nH][n+]1-c1ccccc1)C(=O)Nc1ccc([N+](=O)[O-])cc1C. The Balaban J connectivity index is 1.81. The van der Waals surface area contributed by atoms with Crippen LogP contribution in [0.5, 0.6) is 0 Å². The van der Waals surface area contributed by atoms with Gasteiger partial charge < -0.3 is 5.32 Å². The summed E-state index contributed by atoms with van der Waals surface area (Å²) in [5, 5.41) is 15.9. The summed E-state index contributed by atoms with van der Waals surface area (Å²) in [5.74, 6) is -0.310. The molecule has 0 fully saturated rings. The highest BCUT2D eigenvalue weighted by Crippen LogP contribution is 2.25. The van der Waals surface area contributed by atoms with Crippen molar-refractivity contribution in [1.29, 1.82) is 0 Å². The lowest BCUT2D eigenvalue weighted by molar-refractivity contribution is -0.704. The first-order valence-corrected chi connectivity index (χ1v) is 9.70. The van der Waals surface area contributed by atoms with Crippen molar-refractivity contribution < 1.29 is 18.9 Å². The van der Waals surface area contributed by atoms with Gasteiger partial charge in [-0.2, -0.15) is 0 Å². The second-order valence-corrected chi connectivity index (χ2v) is 7.41. The summed E-state index contributed by atoms with van der Waals surface area (Å²) in [7, 11) is 0. The Hall–Kier alpha value is -3.40. The third-order valence-electron chi connectivity index (χ3n) is 4.22. The molecule has 0 bridgehead atoms. The van der Waals surface area contributed by atoms with E-state index in [1.54, 1.807) is 19.1 Å². The van der Waals surface area contributed by atoms with Gasteiger partial charge in [-0.3, -0.25) is 19.4 Å². The van der Waals surface area contributed by atoms with Crippen LogP contribution in [0, 0.1) is 17.0 Å². The van der Waals surface area contributed by atoms with Crippen LogP contribution in [-0.4, -0.2) is 21.4 Å². The van der Waals surface area contributed by atoms with Gasteiger partial charge in [0.05, 0.1) is 10.2 Å². The third kappa shape index (κ3) is 4.54. The minimum absolute atomic E-state index is 0.0456. The van der Waals surface area contributed by atoms with E-state index >= 15 is 0 Å². The molecule has 1 unspecified atom stereocenters. The van der Waals surface area contributed by atoms with Crippen LogP contribution in [0.2, 0.25) is 0 Å². The van der Waals surface area contributed by atoms with Gasteiger partial charge in [0, 0.05) is 30.0 Å². The number of nitrogens with one attached hydrogen (secondary N) is 2.